The van der Waals surface area contributed by atoms with Crippen LogP contribution >= 0.6 is 0 Å². The van der Waals surface area contributed by atoms with E-state index in [4.69, 9.17) is 16.9 Å². The van der Waals surface area contributed by atoms with Crippen molar-refractivity contribution >= 4 is 12.1 Å². The number of hydrogen-bond acceptors (Lipinski definition) is 2. The van der Waals surface area contributed by atoms with Gasteiger partial charge < -0.3 is 5.11 Å². The number of nitrogens with zero attached hydrogens (tertiary/aromatic N) is 1. The minimum Gasteiger partial charge on any atom is -0.396 e. The number of aliphatic hydroxyl groups is 1. The highest BCUT2D eigenvalue weighted by Crippen LogP contribution is 1.81. The Balaban J connectivity index is 3.85. The van der Waals surface area contributed by atoms with E-state index in [9.17, 15) is 0 Å². The number of hydrogen-bond donors (Lipinski definition) is 2. The van der Waals surface area contributed by atoms with Crippen LogP contribution in [0, 0.1) is 17.8 Å². The molecule has 0 atom stereocenters. The normalized spacial score (nSPS) is 10.4. The van der Waals surface area contributed by atoms with Gasteiger partial charge in [0.2, 0.25) is 0 Å². The van der Waals surface area contributed by atoms with Gasteiger partial charge in [0, 0.05) is 13.0 Å². The maximum atomic E-state index is 8.34. The minimum atomic E-state index is -0.0170. The summed E-state index contributed by atoms with van der Waals surface area (Å²) in [6, 6.07) is 0. The lowest BCUT2D eigenvalue weighted by molar-refractivity contribution is 0.307. The Kier molecular flexibility index (Phi) is 4.37. The van der Waals surface area contributed by atoms with Crippen molar-refractivity contribution in [2.24, 2.45) is 4.99 Å². The Hall–Kier alpha value is -1.14. The topological polar surface area (TPSA) is 56.4 Å². The second-order valence-electron chi connectivity index (χ2n) is 1.32. The lowest BCUT2D eigenvalue weighted by atomic mass is 10.3. The predicted molar refractivity (Wildman–Crippen MR) is 36.8 cm³/mol. The highest BCUT2D eigenvalue weighted by Gasteiger charge is 1.88. The molecule has 3 heteroatoms. The van der Waals surface area contributed by atoms with E-state index in [1.54, 1.807) is 0 Å². The van der Waals surface area contributed by atoms with Crippen molar-refractivity contribution in [2.75, 3.05) is 6.61 Å². The van der Waals surface area contributed by atoms with Crippen molar-refractivity contribution in [1.29, 1.82) is 5.41 Å². The number of nitrogens with one attached hydrogen (secondary N) is 1. The lowest BCUT2D eigenvalue weighted by Crippen LogP contribution is -1.97. The van der Waals surface area contributed by atoms with Crippen LogP contribution in [0.2, 0.25) is 0 Å². The van der Waals surface area contributed by atoms with Crippen LogP contribution in [-0.4, -0.2) is 23.8 Å². The average Bonchev–Trinajstić information content (AvgIpc) is 1.88. The van der Waals surface area contributed by atoms with E-state index in [0.717, 1.165) is 6.34 Å². The van der Waals surface area contributed by atoms with Crippen molar-refractivity contribution in [3.05, 3.63) is 0 Å². The Morgan fingerprint density at radius 1 is 1.89 bits per heavy atom. The fourth-order valence-corrected chi connectivity index (χ4v) is 0.358. The Labute approximate surface area is 53.9 Å². The van der Waals surface area contributed by atoms with Gasteiger partial charge >= 0.3 is 0 Å². The molecule has 9 heavy (non-hydrogen) atoms. The van der Waals surface area contributed by atoms with Crippen LogP contribution in [0.25, 0.3) is 0 Å². The van der Waals surface area contributed by atoms with Gasteiger partial charge in [0.05, 0.1) is 5.71 Å². The van der Waals surface area contributed by atoms with Crippen LogP contribution in [0.5, 0.6) is 0 Å². The molecular formula is C6H8N2O. The summed E-state index contributed by atoms with van der Waals surface area (Å²) in [6.45, 7) is -0.0170. The van der Waals surface area contributed by atoms with Crippen molar-refractivity contribution in [2.45, 2.75) is 6.42 Å². The van der Waals surface area contributed by atoms with Crippen LogP contribution in [0.15, 0.2) is 4.99 Å². The second kappa shape index (κ2) is 5.01. The van der Waals surface area contributed by atoms with Gasteiger partial charge in [-0.1, -0.05) is 5.92 Å². The molecule has 0 saturated heterocycles. The van der Waals surface area contributed by atoms with Crippen molar-refractivity contribution < 1.29 is 5.11 Å². The van der Waals surface area contributed by atoms with Crippen LogP contribution in [-0.2, 0) is 0 Å². The summed E-state index contributed by atoms with van der Waals surface area (Å²) < 4.78 is 0. The molecule has 2 N–H and O–H groups in total. The third kappa shape index (κ3) is 3.44. The molecule has 48 valence electrons. The average molecular weight is 124 g/mol. The SMILES string of the molecule is C#CC(CCO)=NC=N. The molecular weight excluding hydrogens is 116 g/mol. The lowest BCUT2D eigenvalue weighted by Gasteiger charge is -1.88. The summed E-state index contributed by atoms with van der Waals surface area (Å²) in [6.07, 6.45) is 6.17. The van der Waals surface area contributed by atoms with Gasteiger partial charge in [0.1, 0.15) is 6.34 Å². The molecule has 0 saturated carbocycles. The molecule has 0 amide bonds. The summed E-state index contributed by atoms with van der Waals surface area (Å²) in [4.78, 5) is 3.49. The Morgan fingerprint density at radius 3 is 2.89 bits per heavy atom. The van der Waals surface area contributed by atoms with E-state index in [1.165, 1.54) is 0 Å². The molecule has 0 aliphatic carbocycles. The fraction of sp³-hybridized carbons (Fsp3) is 0.333. The van der Waals surface area contributed by atoms with Gasteiger partial charge in [-0.05, 0) is 0 Å². The first-order valence-corrected chi connectivity index (χ1v) is 2.48. The quantitative estimate of drug-likeness (QED) is 0.312. The summed E-state index contributed by atoms with van der Waals surface area (Å²) in [5.41, 5.74) is 0.410. The first kappa shape index (κ1) is 7.86. The molecule has 0 unspecified atom stereocenters. The monoisotopic (exact) mass is 124 g/mol. The van der Waals surface area contributed by atoms with Gasteiger partial charge in [-0.2, -0.15) is 0 Å². The summed E-state index contributed by atoms with van der Waals surface area (Å²) >= 11 is 0. The zero-order valence-corrected chi connectivity index (χ0v) is 4.96. The molecule has 0 heterocycles. The Morgan fingerprint density at radius 2 is 2.56 bits per heavy atom. The van der Waals surface area contributed by atoms with E-state index >= 15 is 0 Å². The van der Waals surface area contributed by atoms with Crippen molar-refractivity contribution in [3.8, 4) is 12.3 Å². The van der Waals surface area contributed by atoms with E-state index in [1.807, 2.05) is 0 Å². The minimum absolute atomic E-state index is 0.0170. The number of aliphatic imine (C=N–C) groups is 1. The molecule has 0 fully saturated rings. The molecule has 0 radical (unpaired) electrons. The van der Waals surface area contributed by atoms with Crippen LogP contribution < -0.4 is 0 Å². The fourth-order valence-electron chi connectivity index (χ4n) is 0.358. The van der Waals surface area contributed by atoms with Crippen molar-refractivity contribution in [1.82, 2.24) is 0 Å². The third-order valence-electron chi connectivity index (χ3n) is 0.736. The number of aliphatic hydroxyl groups excluding tert-OH is 1. The molecule has 0 spiro atoms. The summed E-state index contributed by atoms with van der Waals surface area (Å²) in [5.74, 6) is 2.24. The third-order valence-corrected chi connectivity index (χ3v) is 0.736. The summed E-state index contributed by atoms with van der Waals surface area (Å²) in [5, 5.41) is 14.9. The standard InChI is InChI=1S/C6H8N2O/c1-2-6(3-4-9)8-5-7/h1,5,7,9H,3-4H2. The van der Waals surface area contributed by atoms with Crippen molar-refractivity contribution in [3.63, 3.8) is 0 Å². The van der Waals surface area contributed by atoms with E-state index in [-0.39, 0.29) is 6.61 Å². The number of rotatable bonds is 3. The van der Waals surface area contributed by atoms with Gasteiger partial charge in [-0.15, -0.1) is 6.42 Å². The van der Waals surface area contributed by atoms with Gasteiger partial charge in [0.25, 0.3) is 0 Å². The molecule has 0 aromatic carbocycles. The van der Waals surface area contributed by atoms with Crippen LogP contribution in [0.4, 0.5) is 0 Å². The van der Waals surface area contributed by atoms with Crippen LogP contribution in [0.1, 0.15) is 6.42 Å². The maximum Gasteiger partial charge on any atom is 0.108 e. The smallest absolute Gasteiger partial charge is 0.108 e. The second-order valence-corrected chi connectivity index (χ2v) is 1.32. The molecule has 0 aliphatic heterocycles. The Bertz CT molecular complexity index is 155. The first-order valence-electron chi connectivity index (χ1n) is 2.48. The van der Waals surface area contributed by atoms with E-state index < -0.39 is 0 Å². The maximum absolute atomic E-state index is 8.34. The zero-order valence-electron chi connectivity index (χ0n) is 4.96. The molecule has 0 aromatic heterocycles. The number of terminal acetylenes is 1. The van der Waals surface area contributed by atoms with Gasteiger partial charge in [0.15, 0.2) is 0 Å². The molecule has 0 aliphatic rings. The summed E-state index contributed by atoms with van der Waals surface area (Å²) in [7, 11) is 0. The predicted octanol–water partition coefficient (Wildman–Crippen LogP) is 0.0501. The first-order chi connectivity index (χ1) is 4.35. The molecule has 0 aromatic rings. The highest BCUT2D eigenvalue weighted by atomic mass is 16.3. The van der Waals surface area contributed by atoms with Gasteiger partial charge in [-0.3, -0.25) is 5.41 Å². The van der Waals surface area contributed by atoms with E-state index in [2.05, 4.69) is 10.9 Å². The zero-order chi connectivity index (χ0) is 7.11. The molecule has 0 rings (SSSR count). The largest absolute Gasteiger partial charge is 0.396 e. The highest BCUT2D eigenvalue weighted by molar-refractivity contribution is 6.03. The molecule has 0 bridgehead atoms. The van der Waals surface area contributed by atoms with Gasteiger partial charge in [-0.25, -0.2) is 4.99 Å². The van der Waals surface area contributed by atoms with Crippen LogP contribution in [0.3, 0.4) is 0 Å². The molecule has 3 nitrogen and oxygen atoms in total. The van der Waals surface area contributed by atoms with E-state index in [0.29, 0.717) is 12.1 Å².